The predicted octanol–water partition coefficient (Wildman–Crippen LogP) is 3.73. The van der Waals surface area contributed by atoms with Gasteiger partial charge in [0.1, 0.15) is 5.69 Å². The number of hydrogen-bond donors (Lipinski definition) is 1. The lowest BCUT2D eigenvalue weighted by Gasteiger charge is -2.34. The zero-order valence-electron chi connectivity index (χ0n) is 17.2. The summed E-state index contributed by atoms with van der Waals surface area (Å²) in [6, 6.07) is 10.7. The molecule has 0 bridgehead atoms. The van der Waals surface area contributed by atoms with Crippen molar-refractivity contribution in [3.05, 3.63) is 70.0 Å². The first-order valence-electron chi connectivity index (χ1n) is 9.61. The SMILES string of the molecule is COC(=O)c1cc(Br)c(C(=O)C[C@H]2C=C[C@H](OCc3ccccc3)CN2C(=O)OC)[nH]1. The second-order valence-corrected chi connectivity index (χ2v) is 7.79. The molecular formula is C22H23BrN2O6. The van der Waals surface area contributed by atoms with Crippen molar-refractivity contribution >= 4 is 33.8 Å². The van der Waals surface area contributed by atoms with Gasteiger partial charge in [0, 0.05) is 10.9 Å². The molecule has 0 aliphatic carbocycles. The molecule has 2 atom stereocenters. The normalized spacial score (nSPS) is 18.0. The number of halogens is 1. The van der Waals surface area contributed by atoms with Crippen molar-refractivity contribution in [1.82, 2.24) is 9.88 Å². The Bertz CT molecular complexity index is 972. The van der Waals surface area contributed by atoms with Gasteiger partial charge >= 0.3 is 12.1 Å². The van der Waals surface area contributed by atoms with Gasteiger partial charge in [-0.15, -0.1) is 0 Å². The molecule has 1 aromatic carbocycles. The molecule has 9 heteroatoms. The van der Waals surface area contributed by atoms with E-state index in [4.69, 9.17) is 9.47 Å². The smallest absolute Gasteiger partial charge is 0.410 e. The summed E-state index contributed by atoms with van der Waals surface area (Å²) in [5, 5.41) is 0. The van der Waals surface area contributed by atoms with Gasteiger partial charge < -0.3 is 19.2 Å². The molecule has 2 heterocycles. The number of H-pyrrole nitrogens is 1. The van der Waals surface area contributed by atoms with Crippen LogP contribution in [0.2, 0.25) is 0 Å². The Morgan fingerprint density at radius 3 is 2.55 bits per heavy atom. The topological polar surface area (TPSA) is 97.9 Å². The van der Waals surface area contributed by atoms with Crippen molar-refractivity contribution in [2.75, 3.05) is 20.8 Å². The van der Waals surface area contributed by atoms with Crippen LogP contribution >= 0.6 is 15.9 Å². The van der Waals surface area contributed by atoms with E-state index >= 15 is 0 Å². The molecule has 3 rings (SSSR count). The van der Waals surface area contributed by atoms with Crippen LogP contribution in [0.1, 0.15) is 33.0 Å². The number of aromatic nitrogens is 1. The second kappa shape index (κ2) is 10.4. The standard InChI is InChI=1S/C22H23BrN2O6/c1-29-21(27)18-11-17(23)20(24-18)19(26)10-15-8-9-16(12-25(15)22(28)30-2)31-13-14-6-4-3-5-7-14/h3-9,11,15-16,24H,10,12-13H2,1-2H3/t15-,16+/m1/s1. The molecule has 0 fully saturated rings. The Labute approximate surface area is 188 Å². The highest BCUT2D eigenvalue weighted by atomic mass is 79.9. The average Bonchev–Trinajstić information content (AvgIpc) is 3.19. The van der Waals surface area contributed by atoms with E-state index in [-0.39, 0.29) is 36.2 Å². The van der Waals surface area contributed by atoms with Crippen molar-refractivity contribution < 1.29 is 28.6 Å². The third-order valence-electron chi connectivity index (χ3n) is 4.89. The van der Waals surface area contributed by atoms with Crippen molar-refractivity contribution in [1.29, 1.82) is 0 Å². The summed E-state index contributed by atoms with van der Waals surface area (Å²) in [7, 11) is 2.56. The highest BCUT2D eigenvalue weighted by Gasteiger charge is 2.32. The monoisotopic (exact) mass is 490 g/mol. The quantitative estimate of drug-likeness (QED) is 0.360. The van der Waals surface area contributed by atoms with Crippen molar-refractivity contribution in [2.24, 2.45) is 0 Å². The van der Waals surface area contributed by atoms with Crippen LogP contribution in [0.3, 0.4) is 0 Å². The summed E-state index contributed by atoms with van der Waals surface area (Å²) in [6.07, 6.45) is 2.76. The number of benzene rings is 1. The molecule has 0 saturated carbocycles. The van der Waals surface area contributed by atoms with Crippen LogP contribution in [0.15, 0.2) is 53.0 Å². The first-order valence-corrected chi connectivity index (χ1v) is 10.4. The largest absolute Gasteiger partial charge is 0.464 e. The Morgan fingerprint density at radius 1 is 1.13 bits per heavy atom. The van der Waals surface area contributed by atoms with Gasteiger partial charge in [0.15, 0.2) is 5.78 Å². The number of Topliss-reactive ketones (excluding diaryl/α,β-unsaturated/α-hetero) is 1. The molecule has 31 heavy (non-hydrogen) atoms. The number of carbonyl (C=O) groups is 3. The predicted molar refractivity (Wildman–Crippen MR) is 116 cm³/mol. The lowest BCUT2D eigenvalue weighted by atomic mass is 10.0. The fourth-order valence-electron chi connectivity index (χ4n) is 3.28. The number of nitrogens with zero attached hydrogens (tertiary/aromatic N) is 1. The number of aromatic amines is 1. The van der Waals surface area contributed by atoms with Gasteiger partial charge in [-0.2, -0.15) is 0 Å². The van der Waals surface area contributed by atoms with E-state index in [0.717, 1.165) is 5.56 Å². The molecule has 1 aliphatic rings. The number of carbonyl (C=O) groups excluding carboxylic acids is 3. The third kappa shape index (κ3) is 5.62. The van der Waals surface area contributed by atoms with E-state index in [0.29, 0.717) is 11.1 Å². The Morgan fingerprint density at radius 2 is 1.87 bits per heavy atom. The van der Waals surface area contributed by atoms with Crippen LogP contribution in [0.4, 0.5) is 4.79 Å². The number of esters is 1. The third-order valence-corrected chi connectivity index (χ3v) is 5.51. The first kappa shape index (κ1) is 22.8. The maximum atomic E-state index is 12.8. The molecule has 2 aromatic rings. The average molecular weight is 491 g/mol. The van der Waals surface area contributed by atoms with E-state index < -0.39 is 18.1 Å². The van der Waals surface area contributed by atoms with Crippen LogP contribution in [-0.4, -0.2) is 60.6 Å². The minimum Gasteiger partial charge on any atom is -0.464 e. The molecule has 1 amide bonds. The molecule has 0 saturated heterocycles. The summed E-state index contributed by atoms with van der Waals surface area (Å²) < 4.78 is 15.9. The van der Waals surface area contributed by atoms with Crippen molar-refractivity contribution in [3.8, 4) is 0 Å². The summed E-state index contributed by atoms with van der Waals surface area (Å²) in [5.41, 5.74) is 1.42. The molecule has 1 N–H and O–H groups in total. The molecule has 0 spiro atoms. The van der Waals surface area contributed by atoms with E-state index in [1.807, 2.05) is 36.4 Å². The van der Waals surface area contributed by atoms with Crippen LogP contribution in [0.5, 0.6) is 0 Å². The number of ketones is 1. The van der Waals surface area contributed by atoms with Gasteiger partial charge in [0.05, 0.1) is 45.2 Å². The van der Waals surface area contributed by atoms with Crippen LogP contribution in [0, 0.1) is 0 Å². The maximum absolute atomic E-state index is 12.8. The lowest BCUT2D eigenvalue weighted by molar-refractivity contribution is 0.0265. The molecule has 164 valence electrons. The van der Waals surface area contributed by atoms with Gasteiger partial charge in [-0.1, -0.05) is 42.5 Å². The first-order chi connectivity index (χ1) is 14.9. The number of methoxy groups -OCH3 is 2. The number of amides is 1. The van der Waals surface area contributed by atoms with E-state index in [1.165, 1.54) is 25.2 Å². The highest BCUT2D eigenvalue weighted by Crippen LogP contribution is 2.24. The molecule has 1 aromatic heterocycles. The summed E-state index contributed by atoms with van der Waals surface area (Å²) >= 11 is 3.29. The van der Waals surface area contributed by atoms with Crippen LogP contribution < -0.4 is 0 Å². The van der Waals surface area contributed by atoms with Gasteiger partial charge in [0.2, 0.25) is 0 Å². The van der Waals surface area contributed by atoms with Gasteiger partial charge in [-0.3, -0.25) is 9.69 Å². The molecular weight excluding hydrogens is 468 g/mol. The Hall–Kier alpha value is -2.91. The molecule has 8 nitrogen and oxygen atoms in total. The van der Waals surface area contributed by atoms with E-state index in [1.54, 1.807) is 6.08 Å². The number of nitrogens with one attached hydrogen (secondary N) is 1. The second-order valence-electron chi connectivity index (χ2n) is 6.93. The zero-order valence-corrected chi connectivity index (χ0v) is 18.8. The van der Waals surface area contributed by atoms with Gasteiger partial charge in [0.25, 0.3) is 0 Å². The minimum atomic E-state index is -0.577. The number of hydrogen-bond acceptors (Lipinski definition) is 6. The van der Waals surface area contributed by atoms with Crippen LogP contribution in [-0.2, 0) is 20.8 Å². The summed E-state index contributed by atoms with van der Waals surface area (Å²) in [4.78, 5) is 41.1. The molecule has 1 aliphatic heterocycles. The number of rotatable bonds is 7. The zero-order chi connectivity index (χ0) is 22.4. The fourth-order valence-corrected chi connectivity index (χ4v) is 3.83. The van der Waals surface area contributed by atoms with Crippen molar-refractivity contribution in [2.45, 2.75) is 25.2 Å². The Balaban J connectivity index is 1.70. The minimum absolute atomic E-state index is 0.0106. The lowest BCUT2D eigenvalue weighted by Crippen LogP contribution is -2.47. The molecule has 0 radical (unpaired) electrons. The van der Waals surface area contributed by atoms with Crippen molar-refractivity contribution in [3.63, 3.8) is 0 Å². The highest BCUT2D eigenvalue weighted by molar-refractivity contribution is 9.10. The van der Waals surface area contributed by atoms with Crippen LogP contribution in [0.25, 0.3) is 0 Å². The van der Waals surface area contributed by atoms with Gasteiger partial charge in [-0.25, -0.2) is 9.59 Å². The maximum Gasteiger partial charge on any atom is 0.410 e. The van der Waals surface area contributed by atoms with E-state index in [9.17, 15) is 14.4 Å². The summed E-state index contributed by atoms with van der Waals surface area (Å²) in [5.74, 6) is -0.846. The summed E-state index contributed by atoms with van der Waals surface area (Å²) in [6.45, 7) is 0.660. The fraction of sp³-hybridized carbons (Fsp3) is 0.318. The number of ether oxygens (including phenoxy) is 3. The Kier molecular flexibility index (Phi) is 7.64. The molecule has 0 unspecified atom stereocenters. The van der Waals surface area contributed by atoms with E-state index in [2.05, 4.69) is 25.7 Å². The van der Waals surface area contributed by atoms with Gasteiger partial charge in [-0.05, 0) is 27.6 Å².